The molecule has 1 saturated carbocycles. The zero-order valence-corrected chi connectivity index (χ0v) is 10.1. The van der Waals surface area contributed by atoms with Gasteiger partial charge in [0, 0.05) is 11.8 Å². The molecular formula is C15H18N2. The second-order valence-corrected chi connectivity index (χ2v) is 5.88. The minimum Gasteiger partial charge on any atom is -0.297 e. The van der Waals surface area contributed by atoms with E-state index in [1.165, 1.54) is 49.8 Å². The van der Waals surface area contributed by atoms with Crippen molar-refractivity contribution in [3.05, 3.63) is 29.8 Å². The SMILES string of the molecule is C1=Nc2ccccc2C23CCCCCC1(C2)N3. The minimum absolute atomic E-state index is 0.208. The van der Waals surface area contributed by atoms with Gasteiger partial charge in [0.25, 0.3) is 0 Å². The molecule has 4 aliphatic rings. The van der Waals surface area contributed by atoms with Crippen molar-refractivity contribution >= 4 is 11.9 Å². The lowest BCUT2D eigenvalue weighted by Gasteiger charge is -2.57. The molecule has 5 rings (SSSR count). The number of aliphatic imine (C=N–C) groups is 1. The van der Waals surface area contributed by atoms with E-state index in [1.54, 1.807) is 0 Å². The highest BCUT2D eigenvalue weighted by Crippen LogP contribution is 2.52. The Kier molecular flexibility index (Phi) is 1.85. The summed E-state index contributed by atoms with van der Waals surface area (Å²) in [5.74, 6) is 0. The third kappa shape index (κ3) is 1.28. The van der Waals surface area contributed by atoms with Crippen LogP contribution in [0.4, 0.5) is 5.69 Å². The second kappa shape index (κ2) is 3.20. The Morgan fingerprint density at radius 3 is 2.82 bits per heavy atom. The number of nitrogens with zero attached hydrogens (tertiary/aromatic N) is 1. The normalized spacial score (nSPS) is 38.4. The molecule has 3 aliphatic heterocycles. The quantitative estimate of drug-likeness (QED) is 0.721. The van der Waals surface area contributed by atoms with Crippen LogP contribution in [0.3, 0.4) is 0 Å². The molecule has 2 bridgehead atoms. The minimum atomic E-state index is 0.208. The van der Waals surface area contributed by atoms with Crippen molar-refractivity contribution in [3.63, 3.8) is 0 Å². The van der Waals surface area contributed by atoms with Crippen molar-refractivity contribution in [2.24, 2.45) is 4.99 Å². The van der Waals surface area contributed by atoms with E-state index in [2.05, 4.69) is 35.8 Å². The summed E-state index contributed by atoms with van der Waals surface area (Å²) in [5, 5.41) is 3.88. The van der Waals surface area contributed by atoms with Crippen LogP contribution in [0.25, 0.3) is 0 Å². The molecular weight excluding hydrogens is 208 g/mol. The average Bonchev–Trinajstić information content (AvgIpc) is 2.49. The molecule has 1 N–H and O–H groups in total. The summed E-state index contributed by atoms with van der Waals surface area (Å²) >= 11 is 0. The molecule has 17 heavy (non-hydrogen) atoms. The van der Waals surface area contributed by atoms with E-state index in [-0.39, 0.29) is 11.1 Å². The molecule has 88 valence electrons. The Balaban J connectivity index is 1.88. The van der Waals surface area contributed by atoms with Gasteiger partial charge in [-0.25, -0.2) is 0 Å². The average molecular weight is 226 g/mol. The Hall–Kier alpha value is -1.15. The highest BCUT2D eigenvalue weighted by atomic mass is 15.2. The Morgan fingerprint density at radius 2 is 1.88 bits per heavy atom. The summed E-state index contributed by atoms with van der Waals surface area (Å²) in [5.41, 5.74) is 3.04. The maximum atomic E-state index is 4.73. The van der Waals surface area contributed by atoms with Crippen LogP contribution in [0.5, 0.6) is 0 Å². The van der Waals surface area contributed by atoms with E-state index in [4.69, 9.17) is 4.99 Å². The molecule has 0 radical (unpaired) electrons. The topological polar surface area (TPSA) is 24.4 Å². The van der Waals surface area contributed by atoms with E-state index >= 15 is 0 Å². The third-order valence-corrected chi connectivity index (χ3v) is 4.70. The lowest BCUT2D eigenvalue weighted by Crippen LogP contribution is -2.70. The fourth-order valence-corrected chi connectivity index (χ4v) is 3.97. The van der Waals surface area contributed by atoms with Crippen molar-refractivity contribution in [2.75, 3.05) is 0 Å². The summed E-state index contributed by atoms with van der Waals surface area (Å²) in [6, 6.07) is 8.66. The largest absolute Gasteiger partial charge is 0.297 e. The van der Waals surface area contributed by atoms with Crippen LogP contribution in [0, 0.1) is 0 Å². The molecule has 1 aliphatic carbocycles. The molecule has 0 amide bonds. The van der Waals surface area contributed by atoms with Crippen molar-refractivity contribution in [2.45, 2.75) is 49.6 Å². The lowest BCUT2D eigenvalue weighted by molar-refractivity contribution is 0.0637. The van der Waals surface area contributed by atoms with Gasteiger partial charge in [-0.1, -0.05) is 37.5 Å². The molecule has 1 aromatic rings. The van der Waals surface area contributed by atoms with E-state index in [1.807, 2.05) is 0 Å². The number of para-hydroxylation sites is 1. The number of rotatable bonds is 0. The zero-order valence-electron chi connectivity index (χ0n) is 10.1. The van der Waals surface area contributed by atoms with Crippen LogP contribution < -0.4 is 5.32 Å². The maximum absolute atomic E-state index is 4.73. The molecule has 1 saturated heterocycles. The highest BCUT2D eigenvalue weighted by Gasteiger charge is 2.55. The number of hydrogen-bond acceptors (Lipinski definition) is 2. The fraction of sp³-hybridized carbons (Fsp3) is 0.533. The molecule has 3 heterocycles. The van der Waals surface area contributed by atoms with Crippen molar-refractivity contribution < 1.29 is 0 Å². The van der Waals surface area contributed by atoms with Gasteiger partial charge in [-0.3, -0.25) is 10.3 Å². The molecule has 1 aromatic carbocycles. The van der Waals surface area contributed by atoms with Gasteiger partial charge in [0.1, 0.15) is 0 Å². The van der Waals surface area contributed by atoms with Gasteiger partial charge in [-0.05, 0) is 30.9 Å². The summed E-state index contributed by atoms with van der Waals surface area (Å²) in [7, 11) is 0. The van der Waals surface area contributed by atoms with Crippen molar-refractivity contribution in [1.29, 1.82) is 0 Å². The first kappa shape index (κ1) is 9.84. The van der Waals surface area contributed by atoms with Gasteiger partial charge in [-0.2, -0.15) is 0 Å². The molecule has 2 nitrogen and oxygen atoms in total. The zero-order chi connectivity index (χ0) is 11.3. The molecule has 2 atom stereocenters. The Morgan fingerprint density at radius 1 is 1.06 bits per heavy atom. The lowest BCUT2D eigenvalue weighted by atomic mass is 9.63. The summed E-state index contributed by atoms with van der Waals surface area (Å²) in [6.07, 6.45) is 10.0. The van der Waals surface area contributed by atoms with Gasteiger partial charge in [0.2, 0.25) is 0 Å². The molecule has 2 unspecified atom stereocenters. The van der Waals surface area contributed by atoms with Crippen molar-refractivity contribution in [3.8, 4) is 0 Å². The molecule has 0 aromatic heterocycles. The van der Waals surface area contributed by atoms with Crippen molar-refractivity contribution in [1.82, 2.24) is 5.32 Å². The first-order valence-electron chi connectivity index (χ1n) is 6.76. The van der Waals surface area contributed by atoms with Crippen LogP contribution in [-0.2, 0) is 5.54 Å². The third-order valence-electron chi connectivity index (χ3n) is 4.70. The van der Waals surface area contributed by atoms with Crippen LogP contribution in [-0.4, -0.2) is 11.8 Å². The predicted molar refractivity (Wildman–Crippen MR) is 69.8 cm³/mol. The summed E-state index contributed by atoms with van der Waals surface area (Å²) in [4.78, 5) is 4.73. The Labute approximate surface area is 102 Å². The van der Waals surface area contributed by atoms with Gasteiger partial charge < -0.3 is 0 Å². The highest BCUT2D eigenvalue weighted by molar-refractivity contribution is 5.80. The van der Waals surface area contributed by atoms with Crippen LogP contribution >= 0.6 is 0 Å². The summed E-state index contributed by atoms with van der Waals surface area (Å²) in [6.45, 7) is 0. The van der Waals surface area contributed by atoms with E-state index in [0.29, 0.717) is 0 Å². The van der Waals surface area contributed by atoms with Gasteiger partial charge in [-0.15, -0.1) is 0 Å². The fourth-order valence-electron chi connectivity index (χ4n) is 3.97. The van der Waals surface area contributed by atoms with Crippen LogP contribution in [0.15, 0.2) is 29.3 Å². The smallest absolute Gasteiger partial charge is 0.0677 e. The number of hydrogen-bond donors (Lipinski definition) is 1. The van der Waals surface area contributed by atoms with Crippen LogP contribution in [0.1, 0.15) is 44.1 Å². The van der Waals surface area contributed by atoms with E-state index in [9.17, 15) is 0 Å². The predicted octanol–water partition coefficient (Wildman–Crippen LogP) is 3.29. The number of nitrogens with one attached hydrogen (secondary N) is 1. The number of benzene rings is 1. The molecule has 2 heteroatoms. The Bertz CT molecular complexity index is 483. The maximum Gasteiger partial charge on any atom is 0.0677 e. The van der Waals surface area contributed by atoms with Gasteiger partial charge in [0.15, 0.2) is 0 Å². The van der Waals surface area contributed by atoms with Gasteiger partial charge in [0.05, 0.1) is 11.2 Å². The van der Waals surface area contributed by atoms with Crippen LogP contribution in [0.2, 0.25) is 0 Å². The second-order valence-electron chi connectivity index (χ2n) is 5.88. The first-order chi connectivity index (χ1) is 8.32. The molecule has 2 fully saturated rings. The summed E-state index contributed by atoms with van der Waals surface area (Å²) < 4.78 is 0. The first-order valence-corrected chi connectivity index (χ1v) is 6.76. The monoisotopic (exact) mass is 226 g/mol. The standard InChI is InChI=1S/C15H18N2/c1-4-8-14-10-15(17-14,9-5-1)12-6-2-3-7-13(12)16-11-14/h2-3,6-7,11,17H,1,4-5,8-10H2. The molecule has 0 spiro atoms. The van der Waals surface area contributed by atoms with E-state index in [0.717, 1.165) is 0 Å². The van der Waals surface area contributed by atoms with Gasteiger partial charge >= 0.3 is 0 Å². The van der Waals surface area contributed by atoms with E-state index < -0.39 is 0 Å².